The van der Waals surface area contributed by atoms with Crippen molar-refractivity contribution in [2.45, 2.75) is 33.9 Å². The summed E-state index contributed by atoms with van der Waals surface area (Å²) >= 11 is 0. The monoisotopic (exact) mass is 316 g/mol. The summed E-state index contributed by atoms with van der Waals surface area (Å²) in [4.78, 5) is 29.5. The molecule has 8 heteroatoms. The first-order valence-corrected chi connectivity index (χ1v) is 7.62. The molecule has 0 unspecified atom stereocenters. The van der Waals surface area contributed by atoms with E-state index in [1.807, 2.05) is 30.6 Å². The van der Waals surface area contributed by atoms with E-state index in [1.165, 1.54) is 9.13 Å². The van der Waals surface area contributed by atoms with Crippen LogP contribution >= 0.6 is 0 Å². The van der Waals surface area contributed by atoms with Crippen molar-refractivity contribution in [3.63, 3.8) is 0 Å². The van der Waals surface area contributed by atoms with Crippen LogP contribution in [0.2, 0.25) is 0 Å². The zero-order valence-electron chi connectivity index (χ0n) is 13.8. The molecule has 0 aliphatic carbocycles. The molecule has 0 saturated carbocycles. The van der Waals surface area contributed by atoms with Crippen LogP contribution < -0.4 is 16.3 Å². The summed E-state index contributed by atoms with van der Waals surface area (Å²) in [6.45, 7) is 7.03. The third-order valence-corrected chi connectivity index (χ3v) is 3.95. The summed E-state index contributed by atoms with van der Waals surface area (Å²) in [5, 5.41) is 6.25. The highest BCUT2D eigenvalue weighted by molar-refractivity contribution is 5.87. The summed E-state index contributed by atoms with van der Waals surface area (Å²) in [5.41, 5.74) is 1.08. The largest absolute Gasteiger partial charge is 0.332 e. The molecule has 0 atom stereocenters. The second-order valence-electron chi connectivity index (χ2n) is 5.55. The normalized spacial score (nSPS) is 14.6. The lowest BCUT2D eigenvalue weighted by Crippen LogP contribution is -2.39. The van der Waals surface area contributed by atoms with Crippen LogP contribution in [0.5, 0.6) is 0 Å². The van der Waals surface area contributed by atoms with E-state index in [0.29, 0.717) is 36.7 Å². The van der Waals surface area contributed by atoms with Gasteiger partial charge in [-0.1, -0.05) is 12.2 Å². The van der Waals surface area contributed by atoms with E-state index in [9.17, 15) is 9.59 Å². The summed E-state index contributed by atoms with van der Waals surface area (Å²) in [6, 6.07) is 0. The number of nitrogens with zero attached hydrogens (tertiary/aromatic N) is 6. The molecule has 1 aliphatic rings. The number of fused-ring (bicyclic) bond motifs is 3. The van der Waals surface area contributed by atoms with Crippen LogP contribution in [0.4, 0.5) is 5.95 Å². The van der Waals surface area contributed by atoms with Crippen LogP contribution in [0, 0.1) is 0 Å². The Balaban J connectivity index is 2.35. The predicted molar refractivity (Wildman–Crippen MR) is 90.2 cm³/mol. The summed E-state index contributed by atoms with van der Waals surface area (Å²) < 4.78 is 4.50. The third-order valence-electron chi connectivity index (χ3n) is 3.95. The number of hydrazone groups is 1. The molecule has 3 rings (SSSR count). The fourth-order valence-electron chi connectivity index (χ4n) is 2.82. The van der Waals surface area contributed by atoms with E-state index in [1.54, 1.807) is 19.0 Å². The van der Waals surface area contributed by atoms with Crippen LogP contribution in [0.15, 0.2) is 26.8 Å². The van der Waals surface area contributed by atoms with E-state index >= 15 is 0 Å². The molecule has 0 N–H and O–H groups in total. The molecule has 0 aromatic carbocycles. The van der Waals surface area contributed by atoms with Gasteiger partial charge in [-0.25, -0.2) is 9.80 Å². The van der Waals surface area contributed by atoms with Gasteiger partial charge in [0.2, 0.25) is 5.95 Å². The fourth-order valence-corrected chi connectivity index (χ4v) is 2.82. The van der Waals surface area contributed by atoms with Gasteiger partial charge in [-0.15, -0.1) is 0 Å². The number of aromatic nitrogens is 4. The molecule has 0 spiro atoms. The van der Waals surface area contributed by atoms with Gasteiger partial charge in [0.15, 0.2) is 11.2 Å². The third kappa shape index (κ3) is 2.21. The molecule has 2 aromatic heterocycles. The van der Waals surface area contributed by atoms with Crippen molar-refractivity contribution < 1.29 is 0 Å². The second kappa shape index (κ2) is 5.53. The van der Waals surface area contributed by atoms with Crippen LogP contribution in [-0.2, 0) is 20.1 Å². The van der Waals surface area contributed by atoms with Gasteiger partial charge in [0.25, 0.3) is 5.56 Å². The molecule has 2 aromatic rings. The number of rotatable bonds is 3. The Hall–Kier alpha value is -2.64. The fraction of sp³-hybridized carbons (Fsp3) is 0.467. The number of anilines is 1. The SMILES string of the molecule is CC=CCN1N=C(C)Cn2c1nc1c2c(=O)n(CC)c(=O)n1C. The molecule has 23 heavy (non-hydrogen) atoms. The first-order chi connectivity index (χ1) is 11.0. The van der Waals surface area contributed by atoms with Crippen LogP contribution in [0.3, 0.4) is 0 Å². The van der Waals surface area contributed by atoms with Crippen molar-refractivity contribution in [3.8, 4) is 0 Å². The Morgan fingerprint density at radius 2 is 2.04 bits per heavy atom. The Morgan fingerprint density at radius 3 is 2.70 bits per heavy atom. The van der Waals surface area contributed by atoms with Crippen molar-refractivity contribution in [2.75, 3.05) is 11.6 Å². The molecule has 0 bridgehead atoms. The van der Waals surface area contributed by atoms with Gasteiger partial charge in [-0.2, -0.15) is 10.1 Å². The highest BCUT2D eigenvalue weighted by Crippen LogP contribution is 2.23. The zero-order chi connectivity index (χ0) is 16.7. The Labute approximate surface area is 133 Å². The molecule has 0 amide bonds. The summed E-state index contributed by atoms with van der Waals surface area (Å²) in [6.07, 6.45) is 3.90. The van der Waals surface area contributed by atoms with E-state index in [0.717, 1.165) is 5.71 Å². The maximum Gasteiger partial charge on any atom is 0.332 e. The first-order valence-electron chi connectivity index (χ1n) is 7.62. The Kier molecular flexibility index (Phi) is 3.67. The van der Waals surface area contributed by atoms with Crippen molar-refractivity contribution in [3.05, 3.63) is 33.0 Å². The maximum atomic E-state index is 12.7. The lowest BCUT2D eigenvalue weighted by molar-refractivity contribution is 0.634. The number of hydrogen-bond donors (Lipinski definition) is 0. The molecule has 0 saturated heterocycles. The average Bonchev–Trinajstić information content (AvgIpc) is 2.90. The highest BCUT2D eigenvalue weighted by atomic mass is 16.2. The molecule has 122 valence electrons. The van der Waals surface area contributed by atoms with Gasteiger partial charge in [-0.05, 0) is 20.8 Å². The minimum absolute atomic E-state index is 0.301. The molecule has 8 nitrogen and oxygen atoms in total. The maximum absolute atomic E-state index is 12.7. The second-order valence-corrected chi connectivity index (χ2v) is 5.55. The van der Waals surface area contributed by atoms with Crippen molar-refractivity contribution in [1.29, 1.82) is 0 Å². The van der Waals surface area contributed by atoms with Gasteiger partial charge in [-0.3, -0.25) is 18.5 Å². The number of aryl methyl sites for hydroxylation is 1. The van der Waals surface area contributed by atoms with Crippen molar-refractivity contribution in [1.82, 2.24) is 18.7 Å². The predicted octanol–water partition coefficient (Wildman–Crippen LogP) is 0.689. The van der Waals surface area contributed by atoms with Gasteiger partial charge in [0.05, 0.1) is 18.8 Å². The van der Waals surface area contributed by atoms with Crippen LogP contribution in [0.25, 0.3) is 11.2 Å². The molecule has 1 aliphatic heterocycles. The number of imidazole rings is 1. The minimum Gasteiger partial charge on any atom is -0.297 e. The lowest BCUT2D eigenvalue weighted by atomic mass is 10.3. The first kappa shape index (κ1) is 15.3. The zero-order valence-corrected chi connectivity index (χ0v) is 13.8. The van der Waals surface area contributed by atoms with Gasteiger partial charge in [0, 0.05) is 13.6 Å². The Morgan fingerprint density at radius 1 is 1.30 bits per heavy atom. The van der Waals surface area contributed by atoms with E-state index in [4.69, 9.17) is 0 Å². The summed E-state index contributed by atoms with van der Waals surface area (Å²) in [5.74, 6) is 0.588. The summed E-state index contributed by atoms with van der Waals surface area (Å²) in [7, 11) is 1.64. The van der Waals surface area contributed by atoms with Crippen molar-refractivity contribution >= 4 is 22.8 Å². The average molecular weight is 316 g/mol. The van der Waals surface area contributed by atoms with Gasteiger partial charge in [0.1, 0.15) is 0 Å². The van der Waals surface area contributed by atoms with Gasteiger partial charge < -0.3 is 0 Å². The molecule has 0 fully saturated rings. The smallest absolute Gasteiger partial charge is 0.297 e. The standard InChI is InChI=1S/C15H20N6O2/c1-5-7-8-21-14-16-12-11(20(14)9-10(3)17-21)13(22)19(6-2)15(23)18(12)4/h5,7H,6,8-9H2,1-4H3. The minimum atomic E-state index is -0.349. The molecule has 3 heterocycles. The number of allylic oxidation sites excluding steroid dienone is 1. The Bertz CT molecular complexity index is 943. The topological polar surface area (TPSA) is 77.4 Å². The highest BCUT2D eigenvalue weighted by Gasteiger charge is 2.25. The van der Waals surface area contributed by atoms with Gasteiger partial charge >= 0.3 is 5.69 Å². The number of hydrogen-bond acceptors (Lipinski definition) is 5. The lowest BCUT2D eigenvalue weighted by Gasteiger charge is -2.23. The van der Waals surface area contributed by atoms with E-state index in [2.05, 4.69) is 10.1 Å². The van der Waals surface area contributed by atoms with Crippen LogP contribution in [0.1, 0.15) is 20.8 Å². The quantitative estimate of drug-likeness (QED) is 0.781. The van der Waals surface area contributed by atoms with E-state index in [-0.39, 0.29) is 11.2 Å². The van der Waals surface area contributed by atoms with E-state index < -0.39 is 0 Å². The van der Waals surface area contributed by atoms with Crippen molar-refractivity contribution in [2.24, 2.45) is 12.1 Å². The molecular formula is C15H20N6O2. The molecular weight excluding hydrogens is 296 g/mol. The van der Waals surface area contributed by atoms with Crippen LogP contribution in [-0.4, -0.2) is 30.9 Å². The molecule has 0 radical (unpaired) electrons.